The molecule has 0 spiro atoms. The van der Waals surface area contributed by atoms with Crippen LogP contribution in [0.15, 0.2) is 54.6 Å². The van der Waals surface area contributed by atoms with Gasteiger partial charge in [-0.15, -0.1) is 0 Å². The van der Waals surface area contributed by atoms with Gasteiger partial charge in [0.15, 0.2) is 0 Å². The number of piperazine rings is 1. The minimum atomic E-state index is 0.544. The second kappa shape index (κ2) is 9.08. The molecule has 4 nitrogen and oxygen atoms in total. The summed E-state index contributed by atoms with van der Waals surface area (Å²) in [5.74, 6) is 1.09. The fourth-order valence-corrected chi connectivity index (χ4v) is 4.91. The highest BCUT2D eigenvalue weighted by atomic mass is 15.3. The predicted molar refractivity (Wildman–Crippen MR) is 118 cm³/mol. The van der Waals surface area contributed by atoms with Gasteiger partial charge in [-0.25, -0.2) is 0 Å². The predicted octanol–water partition coefficient (Wildman–Crippen LogP) is 3.00. The molecule has 0 aliphatic carbocycles. The van der Waals surface area contributed by atoms with Crippen molar-refractivity contribution in [3.8, 4) is 0 Å². The zero-order valence-electron chi connectivity index (χ0n) is 17.1. The van der Waals surface area contributed by atoms with Gasteiger partial charge in [0.2, 0.25) is 0 Å². The molecule has 0 unspecified atom stereocenters. The Kier molecular flexibility index (Phi) is 6.30. The summed E-state index contributed by atoms with van der Waals surface area (Å²) >= 11 is 0. The van der Waals surface area contributed by atoms with Gasteiger partial charge in [0.05, 0.1) is 0 Å². The van der Waals surface area contributed by atoms with Gasteiger partial charge in [-0.2, -0.15) is 0 Å². The van der Waals surface area contributed by atoms with E-state index in [9.17, 15) is 0 Å². The molecule has 2 fully saturated rings. The van der Waals surface area contributed by atoms with E-state index in [1.807, 2.05) is 0 Å². The van der Waals surface area contributed by atoms with Crippen LogP contribution in [-0.4, -0.2) is 62.2 Å². The Morgan fingerprint density at radius 2 is 1.57 bits per heavy atom. The molecule has 4 heteroatoms. The molecular formula is C24H34N4. The van der Waals surface area contributed by atoms with Crippen LogP contribution >= 0.6 is 0 Å². The number of nitrogens with zero attached hydrogens (tertiary/aromatic N) is 3. The van der Waals surface area contributed by atoms with Crippen molar-refractivity contribution in [3.05, 3.63) is 65.7 Å². The number of hydrogen-bond acceptors (Lipinski definition) is 4. The Morgan fingerprint density at radius 1 is 0.857 bits per heavy atom. The highest BCUT2D eigenvalue weighted by Crippen LogP contribution is 2.34. The second-order valence-electron chi connectivity index (χ2n) is 8.26. The summed E-state index contributed by atoms with van der Waals surface area (Å²) in [4.78, 5) is 7.72. The molecular weight excluding hydrogens is 344 g/mol. The maximum absolute atomic E-state index is 6.15. The molecule has 2 aromatic rings. The van der Waals surface area contributed by atoms with Crippen LogP contribution in [0.5, 0.6) is 0 Å². The monoisotopic (exact) mass is 378 g/mol. The number of likely N-dealkylation sites (N-methyl/N-ethyl adjacent to an activating group) is 1. The van der Waals surface area contributed by atoms with Crippen LogP contribution in [0.25, 0.3) is 0 Å². The maximum Gasteiger partial charge on any atom is 0.0412 e. The standard InChI is InChI=1S/C24H34N4/c1-2-26-12-14-28(15-13-26)24-11-7-6-10-21(24)17-27-18-22(16-25)23(19-27)20-8-4-3-5-9-20/h3-11,22-23H,2,12-19,25H2,1H3/t22-,23+/m1/s1. The van der Waals surface area contributed by atoms with Crippen molar-refractivity contribution in [2.24, 2.45) is 11.7 Å². The van der Waals surface area contributed by atoms with Crippen molar-refractivity contribution < 1.29 is 0 Å². The summed E-state index contributed by atoms with van der Waals surface area (Å²) in [6.45, 7) is 12.0. The SMILES string of the molecule is CCN1CCN(c2ccccc2CN2C[C@@H](CN)[C@H](c3ccccc3)C2)CC1. The Morgan fingerprint density at radius 3 is 2.29 bits per heavy atom. The van der Waals surface area contributed by atoms with Crippen LogP contribution in [0, 0.1) is 5.92 Å². The number of hydrogen-bond donors (Lipinski definition) is 1. The number of para-hydroxylation sites is 1. The van der Waals surface area contributed by atoms with E-state index in [2.05, 4.69) is 76.2 Å². The minimum Gasteiger partial charge on any atom is -0.369 e. The Labute approximate surface area is 169 Å². The summed E-state index contributed by atoms with van der Waals surface area (Å²) in [6, 6.07) is 19.9. The molecule has 2 aliphatic rings. The highest BCUT2D eigenvalue weighted by Gasteiger charge is 2.33. The van der Waals surface area contributed by atoms with Crippen LogP contribution in [0.1, 0.15) is 24.0 Å². The zero-order valence-corrected chi connectivity index (χ0v) is 17.1. The van der Waals surface area contributed by atoms with Crippen LogP contribution in [-0.2, 0) is 6.54 Å². The second-order valence-corrected chi connectivity index (χ2v) is 8.26. The van der Waals surface area contributed by atoms with Crippen molar-refractivity contribution >= 4 is 5.69 Å². The smallest absolute Gasteiger partial charge is 0.0412 e. The van der Waals surface area contributed by atoms with E-state index in [0.717, 1.165) is 45.8 Å². The number of anilines is 1. The zero-order chi connectivity index (χ0) is 19.3. The lowest BCUT2D eigenvalue weighted by molar-refractivity contribution is 0.270. The third-order valence-corrected chi connectivity index (χ3v) is 6.59. The number of rotatable bonds is 6. The van der Waals surface area contributed by atoms with E-state index >= 15 is 0 Å². The molecule has 4 rings (SSSR count). The molecule has 0 saturated carbocycles. The first kappa shape index (κ1) is 19.4. The molecule has 2 heterocycles. The van der Waals surface area contributed by atoms with E-state index in [1.54, 1.807) is 0 Å². The lowest BCUT2D eigenvalue weighted by Crippen LogP contribution is -2.46. The molecule has 2 saturated heterocycles. The summed E-state index contributed by atoms with van der Waals surface area (Å²) < 4.78 is 0. The van der Waals surface area contributed by atoms with Crippen LogP contribution < -0.4 is 10.6 Å². The van der Waals surface area contributed by atoms with Crippen molar-refractivity contribution in [1.29, 1.82) is 0 Å². The fraction of sp³-hybridized carbons (Fsp3) is 0.500. The van der Waals surface area contributed by atoms with E-state index in [0.29, 0.717) is 11.8 Å². The van der Waals surface area contributed by atoms with Crippen molar-refractivity contribution in [1.82, 2.24) is 9.80 Å². The van der Waals surface area contributed by atoms with E-state index in [4.69, 9.17) is 5.73 Å². The average Bonchev–Trinajstić information content (AvgIpc) is 3.18. The Balaban J connectivity index is 1.46. The van der Waals surface area contributed by atoms with Crippen LogP contribution in [0.3, 0.4) is 0 Å². The molecule has 150 valence electrons. The van der Waals surface area contributed by atoms with Gasteiger partial charge in [-0.05, 0) is 36.2 Å². The van der Waals surface area contributed by atoms with E-state index in [1.165, 1.54) is 29.9 Å². The van der Waals surface area contributed by atoms with E-state index < -0.39 is 0 Å². The fourth-order valence-electron chi connectivity index (χ4n) is 4.91. The number of likely N-dealkylation sites (tertiary alicyclic amines) is 1. The van der Waals surface area contributed by atoms with Gasteiger partial charge in [0.25, 0.3) is 0 Å². The highest BCUT2D eigenvalue weighted by molar-refractivity contribution is 5.54. The molecule has 2 atom stereocenters. The van der Waals surface area contributed by atoms with E-state index in [-0.39, 0.29) is 0 Å². The molecule has 2 aliphatic heterocycles. The van der Waals surface area contributed by atoms with Crippen molar-refractivity contribution in [2.75, 3.05) is 57.3 Å². The van der Waals surface area contributed by atoms with Gasteiger partial charge in [-0.3, -0.25) is 4.90 Å². The van der Waals surface area contributed by atoms with Crippen LogP contribution in [0.4, 0.5) is 5.69 Å². The topological polar surface area (TPSA) is 35.7 Å². The quantitative estimate of drug-likeness (QED) is 0.838. The van der Waals surface area contributed by atoms with Gasteiger partial charge < -0.3 is 15.5 Å². The summed E-state index contributed by atoms with van der Waals surface area (Å²) in [5, 5.41) is 0. The Bertz CT molecular complexity index is 739. The van der Waals surface area contributed by atoms with Gasteiger partial charge in [0.1, 0.15) is 0 Å². The first-order valence-corrected chi connectivity index (χ1v) is 10.8. The Hall–Kier alpha value is -1.88. The normalized spacial score (nSPS) is 24.0. The minimum absolute atomic E-state index is 0.544. The number of benzene rings is 2. The molecule has 2 aromatic carbocycles. The van der Waals surface area contributed by atoms with Gasteiger partial charge >= 0.3 is 0 Å². The third-order valence-electron chi connectivity index (χ3n) is 6.59. The molecule has 0 bridgehead atoms. The lowest BCUT2D eigenvalue weighted by atomic mass is 9.89. The average molecular weight is 379 g/mol. The number of nitrogens with two attached hydrogens (primary N) is 1. The van der Waals surface area contributed by atoms with Gasteiger partial charge in [-0.1, -0.05) is 55.5 Å². The molecule has 0 amide bonds. The molecule has 0 radical (unpaired) electrons. The largest absolute Gasteiger partial charge is 0.369 e. The van der Waals surface area contributed by atoms with Crippen molar-refractivity contribution in [3.63, 3.8) is 0 Å². The molecule has 2 N–H and O–H groups in total. The lowest BCUT2D eigenvalue weighted by Gasteiger charge is -2.37. The third kappa shape index (κ3) is 4.24. The summed E-state index contributed by atoms with van der Waals surface area (Å²) in [7, 11) is 0. The molecule has 0 aromatic heterocycles. The molecule has 28 heavy (non-hydrogen) atoms. The van der Waals surface area contributed by atoms with Crippen molar-refractivity contribution in [2.45, 2.75) is 19.4 Å². The summed E-state index contributed by atoms with van der Waals surface area (Å²) in [6.07, 6.45) is 0. The van der Waals surface area contributed by atoms with Gasteiger partial charge in [0, 0.05) is 57.4 Å². The maximum atomic E-state index is 6.15. The van der Waals surface area contributed by atoms with Crippen LogP contribution in [0.2, 0.25) is 0 Å². The first-order valence-electron chi connectivity index (χ1n) is 10.8. The summed E-state index contributed by atoms with van der Waals surface area (Å²) in [5.41, 5.74) is 10.5. The first-order chi connectivity index (χ1) is 13.8.